The van der Waals surface area contributed by atoms with Crippen LogP contribution < -0.4 is 15.2 Å². The van der Waals surface area contributed by atoms with Gasteiger partial charge in [-0.2, -0.15) is 0 Å². The van der Waals surface area contributed by atoms with Crippen molar-refractivity contribution >= 4 is 15.9 Å². The summed E-state index contributed by atoms with van der Waals surface area (Å²) < 4.78 is 24.9. The second-order valence-corrected chi connectivity index (χ2v) is 4.59. The van der Waals surface area contributed by atoms with Crippen molar-refractivity contribution in [2.45, 2.75) is 19.3 Å². The molecule has 0 bridgehead atoms. The van der Waals surface area contributed by atoms with Gasteiger partial charge in [0.15, 0.2) is 11.5 Å². The van der Waals surface area contributed by atoms with Gasteiger partial charge in [-0.05, 0) is 34.8 Å². The van der Waals surface area contributed by atoms with E-state index in [1.54, 1.807) is 0 Å². The number of ether oxygens (including phenoxy) is 2. The van der Waals surface area contributed by atoms with Crippen molar-refractivity contribution in [3.05, 3.63) is 21.9 Å². The minimum Gasteiger partial charge on any atom is -0.493 e. The second-order valence-electron chi connectivity index (χ2n) is 3.80. The Kier molecular flexibility index (Phi) is 5.21. The predicted octanol–water partition coefficient (Wildman–Crippen LogP) is 3.06. The number of hydrogen-bond donors (Lipinski definition) is 1. The van der Waals surface area contributed by atoms with Gasteiger partial charge < -0.3 is 15.2 Å². The first-order chi connectivity index (χ1) is 8.06. The maximum Gasteiger partial charge on any atom is 0.175 e. The number of methoxy groups -OCH3 is 2. The van der Waals surface area contributed by atoms with Crippen LogP contribution in [0.5, 0.6) is 11.5 Å². The average molecular weight is 306 g/mol. The predicted molar refractivity (Wildman–Crippen MR) is 69.3 cm³/mol. The highest BCUT2D eigenvalue weighted by atomic mass is 79.9. The maximum atomic E-state index is 14.0. The molecule has 0 amide bonds. The molecule has 1 rings (SSSR count). The Morgan fingerprint density at radius 1 is 1.41 bits per heavy atom. The van der Waals surface area contributed by atoms with Crippen LogP contribution in [0.1, 0.15) is 24.8 Å². The third kappa shape index (κ3) is 2.90. The summed E-state index contributed by atoms with van der Waals surface area (Å²) in [5, 5.41) is 0. The van der Waals surface area contributed by atoms with Crippen LogP contribution >= 0.6 is 15.9 Å². The van der Waals surface area contributed by atoms with Gasteiger partial charge in [-0.3, -0.25) is 0 Å². The molecule has 1 aromatic rings. The van der Waals surface area contributed by atoms with E-state index in [1.807, 2.05) is 6.92 Å². The van der Waals surface area contributed by atoms with Crippen molar-refractivity contribution in [2.75, 3.05) is 20.8 Å². The Morgan fingerprint density at radius 2 is 2.06 bits per heavy atom. The maximum absolute atomic E-state index is 14.0. The first-order valence-corrected chi connectivity index (χ1v) is 6.16. The Labute approximate surface area is 109 Å². The normalized spacial score (nSPS) is 12.4. The van der Waals surface area contributed by atoms with Crippen LogP contribution in [-0.2, 0) is 0 Å². The Balaban J connectivity index is 3.31. The van der Waals surface area contributed by atoms with Gasteiger partial charge in [0.2, 0.25) is 0 Å². The van der Waals surface area contributed by atoms with Gasteiger partial charge in [-0.1, -0.05) is 6.92 Å². The molecule has 1 atom stereocenters. The van der Waals surface area contributed by atoms with E-state index in [0.717, 1.165) is 0 Å². The van der Waals surface area contributed by atoms with Gasteiger partial charge in [-0.25, -0.2) is 4.39 Å². The van der Waals surface area contributed by atoms with E-state index < -0.39 is 0 Å². The van der Waals surface area contributed by atoms with E-state index >= 15 is 0 Å². The third-order valence-corrected chi connectivity index (χ3v) is 3.48. The fraction of sp³-hybridized carbons (Fsp3) is 0.500. The molecule has 5 heteroatoms. The van der Waals surface area contributed by atoms with Crippen molar-refractivity contribution in [3.8, 4) is 11.5 Å². The zero-order chi connectivity index (χ0) is 13.0. The lowest BCUT2D eigenvalue weighted by molar-refractivity contribution is 0.348. The molecule has 0 aliphatic rings. The molecule has 17 heavy (non-hydrogen) atoms. The van der Waals surface area contributed by atoms with E-state index in [0.29, 0.717) is 34.5 Å². The lowest BCUT2D eigenvalue weighted by atomic mass is 9.96. The first kappa shape index (κ1) is 14.3. The molecule has 0 fully saturated rings. The quantitative estimate of drug-likeness (QED) is 0.909. The molecule has 0 saturated carbocycles. The summed E-state index contributed by atoms with van der Waals surface area (Å²) in [7, 11) is 3.00. The van der Waals surface area contributed by atoms with Gasteiger partial charge in [0.25, 0.3) is 0 Å². The van der Waals surface area contributed by atoms with Gasteiger partial charge in [0.05, 0.1) is 18.7 Å². The highest BCUT2D eigenvalue weighted by molar-refractivity contribution is 9.10. The smallest absolute Gasteiger partial charge is 0.175 e. The second kappa shape index (κ2) is 6.21. The van der Waals surface area contributed by atoms with Gasteiger partial charge in [-0.15, -0.1) is 0 Å². The zero-order valence-corrected chi connectivity index (χ0v) is 11.8. The lowest BCUT2D eigenvalue weighted by Gasteiger charge is -2.18. The Bertz CT molecular complexity index is 399. The molecule has 0 heterocycles. The SMILES string of the molecule is COc1cc(F)c(C(C)CCN)c(Br)c1OC. The zero-order valence-electron chi connectivity index (χ0n) is 10.2. The standard InChI is InChI=1S/C12H17BrFNO2/c1-7(4-5-15)10-8(14)6-9(16-2)12(17-3)11(10)13/h6-7H,4-5,15H2,1-3H3. The van der Waals surface area contributed by atoms with Crippen LogP contribution in [0.2, 0.25) is 0 Å². The molecular formula is C12H17BrFNO2. The van der Waals surface area contributed by atoms with E-state index in [2.05, 4.69) is 15.9 Å². The third-order valence-electron chi connectivity index (χ3n) is 2.69. The lowest BCUT2D eigenvalue weighted by Crippen LogP contribution is -2.08. The Hall–Kier alpha value is -0.810. The molecule has 0 spiro atoms. The van der Waals surface area contributed by atoms with E-state index in [1.165, 1.54) is 20.3 Å². The molecule has 0 radical (unpaired) electrons. The molecule has 1 unspecified atom stereocenters. The molecule has 0 aromatic heterocycles. The Morgan fingerprint density at radius 3 is 2.53 bits per heavy atom. The summed E-state index contributed by atoms with van der Waals surface area (Å²) >= 11 is 3.37. The van der Waals surface area contributed by atoms with E-state index in [9.17, 15) is 4.39 Å². The largest absolute Gasteiger partial charge is 0.493 e. The summed E-state index contributed by atoms with van der Waals surface area (Å²) in [6.07, 6.45) is 0.713. The molecule has 0 saturated heterocycles. The first-order valence-electron chi connectivity index (χ1n) is 5.36. The van der Waals surface area contributed by atoms with Crippen molar-refractivity contribution in [3.63, 3.8) is 0 Å². The highest BCUT2D eigenvalue weighted by Crippen LogP contribution is 2.42. The van der Waals surface area contributed by atoms with Crippen LogP contribution in [-0.4, -0.2) is 20.8 Å². The minimum atomic E-state index is -0.310. The van der Waals surface area contributed by atoms with Crippen molar-refractivity contribution in [1.82, 2.24) is 0 Å². The topological polar surface area (TPSA) is 44.5 Å². The molecule has 3 nitrogen and oxygen atoms in total. The molecular weight excluding hydrogens is 289 g/mol. The minimum absolute atomic E-state index is 0.0224. The van der Waals surface area contributed by atoms with E-state index in [-0.39, 0.29) is 11.7 Å². The molecule has 1 aromatic carbocycles. The van der Waals surface area contributed by atoms with Crippen LogP contribution in [0.4, 0.5) is 4.39 Å². The number of rotatable bonds is 5. The summed E-state index contributed by atoms with van der Waals surface area (Å²) in [4.78, 5) is 0. The van der Waals surface area contributed by atoms with Crippen molar-refractivity contribution in [1.29, 1.82) is 0 Å². The van der Waals surface area contributed by atoms with Crippen molar-refractivity contribution in [2.24, 2.45) is 5.73 Å². The summed E-state index contributed by atoms with van der Waals surface area (Å²) in [5.41, 5.74) is 6.08. The van der Waals surface area contributed by atoms with Gasteiger partial charge >= 0.3 is 0 Å². The molecule has 2 N–H and O–H groups in total. The fourth-order valence-corrected chi connectivity index (χ4v) is 2.72. The summed E-state index contributed by atoms with van der Waals surface area (Å²) in [5.74, 6) is 0.595. The fourth-order valence-electron chi connectivity index (χ4n) is 1.78. The van der Waals surface area contributed by atoms with Crippen molar-refractivity contribution < 1.29 is 13.9 Å². The van der Waals surface area contributed by atoms with Crippen LogP contribution in [0, 0.1) is 5.82 Å². The van der Waals surface area contributed by atoms with Gasteiger partial charge in [0, 0.05) is 11.6 Å². The highest BCUT2D eigenvalue weighted by Gasteiger charge is 2.21. The molecule has 96 valence electrons. The molecule has 0 aliphatic carbocycles. The van der Waals surface area contributed by atoms with Crippen LogP contribution in [0.25, 0.3) is 0 Å². The van der Waals surface area contributed by atoms with Crippen LogP contribution in [0.3, 0.4) is 0 Å². The number of nitrogens with two attached hydrogens (primary N) is 1. The summed E-state index contributed by atoms with van der Waals surface area (Å²) in [6.45, 7) is 2.45. The molecule has 0 aliphatic heterocycles. The monoisotopic (exact) mass is 305 g/mol. The number of halogens is 2. The van der Waals surface area contributed by atoms with Gasteiger partial charge in [0.1, 0.15) is 5.82 Å². The average Bonchev–Trinajstić information content (AvgIpc) is 2.28. The number of benzene rings is 1. The van der Waals surface area contributed by atoms with E-state index in [4.69, 9.17) is 15.2 Å². The number of hydrogen-bond acceptors (Lipinski definition) is 3. The van der Waals surface area contributed by atoms with Crippen LogP contribution in [0.15, 0.2) is 10.5 Å². The summed E-state index contributed by atoms with van der Waals surface area (Å²) in [6, 6.07) is 1.34.